The summed E-state index contributed by atoms with van der Waals surface area (Å²) in [6, 6.07) is 26.0. The summed E-state index contributed by atoms with van der Waals surface area (Å²) in [6.07, 6.45) is 0. The number of hydrogen-bond donors (Lipinski definition) is 0. The smallest absolute Gasteiger partial charge is 0.322 e. The van der Waals surface area contributed by atoms with Crippen LogP contribution in [0.2, 0.25) is 0 Å². The van der Waals surface area contributed by atoms with Crippen molar-refractivity contribution in [3.63, 3.8) is 0 Å². The maximum absolute atomic E-state index is 12.5. The first kappa shape index (κ1) is 15.4. The summed E-state index contributed by atoms with van der Waals surface area (Å²) in [4.78, 5) is 12.5. The van der Waals surface area contributed by atoms with Crippen LogP contribution in [0.15, 0.2) is 78.9 Å². The van der Waals surface area contributed by atoms with Gasteiger partial charge >= 0.3 is 9.76 Å². The van der Waals surface area contributed by atoms with Crippen molar-refractivity contribution in [1.82, 2.24) is 0 Å². The van der Waals surface area contributed by atoms with Crippen molar-refractivity contribution < 1.29 is 9.22 Å². The second-order valence-electron chi connectivity index (χ2n) is 5.10. The van der Waals surface area contributed by atoms with Gasteiger partial charge in [0, 0.05) is 12.7 Å². The second kappa shape index (κ2) is 7.18. The van der Waals surface area contributed by atoms with Gasteiger partial charge in [0.1, 0.15) is 0 Å². The zero-order valence-electron chi connectivity index (χ0n) is 12.8. The summed E-state index contributed by atoms with van der Waals surface area (Å²) in [5.74, 6) is 0. The first-order valence-electron chi connectivity index (χ1n) is 7.38. The Hall–Kier alpha value is -2.49. The van der Waals surface area contributed by atoms with Gasteiger partial charge in [-0.25, -0.2) is 0 Å². The molecule has 0 bridgehead atoms. The first-order chi connectivity index (χ1) is 11.3. The maximum atomic E-state index is 12.5. The Kier molecular flexibility index (Phi) is 4.81. The van der Waals surface area contributed by atoms with E-state index >= 15 is 0 Å². The van der Waals surface area contributed by atoms with Gasteiger partial charge in [-0.1, -0.05) is 78.9 Å². The molecule has 3 heteroatoms. The summed E-state index contributed by atoms with van der Waals surface area (Å²) >= 11 is 0. The molecule has 3 aromatic carbocycles. The van der Waals surface area contributed by atoms with Crippen LogP contribution in [-0.4, -0.2) is 22.3 Å². The fourth-order valence-corrected chi connectivity index (χ4v) is 3.17. The Bertz CT molecular complexity index is 798. The normalized spacial score (nSPS) is 10.5. The SMILES string of the molecule is CO[Si]C(=O)c1cccc(-c2ccccc2)c1-c1ccccc1. The summed E-state index contributed by atoms with van der Waals surface area (Å²) in [5, 5.41) is 0.0177. The van der Waals surface area contributed by atoms with Crippen molar-refractivity contribution in [2.75, 3.05) is 7.11 Å². The van der Waals surface area contributed by atoms with E-state index in [-0.39, 0.29) is 15.2 Å². The standard InChI is InChI=1S/C20H16O2Si/c1-22-23-20(21)18-14-8-13-17(15-9-4-2-5-10-15)19(18)16-11-6-3-7-12-16/h2-14H,1H3. The van der Waals surface area contributed by atoms with Gasteiger partial charge in [-0.15, -0.1) is 0 Å². The van der Waals surface area contributed by atoms with Crippen LogP contribution in [0.1, 0.15) is 10.4 Å². The summed E-state index contributed by atoms with van der Waals surface area (Å²) in [7, 11) is 1.38. The minimum absolute atomic E-state index is 0.0177. The molecule has 0 aliphatic heterocycles. The van der Waals surface area contributed by atoms with Crippen molar-refractivity contribution in [2.24, 2.45) is 0 Å². The van der Waals surface area contributed by atoms with Crippen molar-refractivity contribution in [2.45, 2.75) is 0 Å². The van der Waals surface area contributed by atoms with Crippen LogP contribution in [0, 0.1) is 0 Å². The molecule has 0 fully saturated rings. The average molecular weight is 316 g/mol. The average Bonchev–Trinajstić information content (AvgIpc) is 2.63. The van der Waals surface area contributed by atoms with E-state index in [0.29, 0.717) is 5.56 Å². The van der Waals surface area contributed by atoms with Gasteiger partial charge in [-0.05, 0) is 22.3 Å². The van der Waals surface area contributed by atoms with Gasteiger partial charge in [-0.3, -0.25) is 4.79 Å². The third kappa shape index (κ3) is 3.31. The summed E-state index contributed by atoms with van der Waals surface area (Å²) < 4.78 is 5.07. The highest BCUT2D eigenvalue weighted by atomic mass is 28.2. The highest BCUT2D eigenvalue weighted by molar-refractivity contribution is 6.73. The van der Waals surface area contributed by atoms with Gasteiger partial charge in [-0.2, -0.15) is 0 Å². The van der Waals surface area contributed by atoms with E-state index in [4.69, 9.17) is 4.43 Å². The number of carbonyl (C=O) groups excluding carboxylic acids is 1. The molecular formula is C20H16O2Si. The Morgan fingerprint density at radius 3 is 2.00 bits per heavy atom. The van der Waals surface area contributed by atoms with Gasteiger partial charge < -0.3 is 4.43 Å². The third-order valence-electron chi connectivity index (χ3n) is 3.65. The molecule has 23 heavy (non-hydrogen) atoms. The molecule has 0 atom stereocenters. The number of hydrogen-bond acceptors (Lipinski definition) is 2. The zero-order chi connectivity index (χ0) is 16.1. The summed E-state index contributed by atoms with van der Waals surface area (Å²) in [6.45, 7) is 0. The molecule has 2 nitrogen and oxygen atoms in total. The van der Waals surface area contributed by atoms with Gasteiger partial charge in [0.25, 0.3) is 0 Å². The van der Waals surface area contributed by atoms with Crippen molar-refractivity contribution in [3.8, 4) is 22.3 Å². The molecule has 0 unspecified atom stereocenters. The predicted octanol–water partition coefficient (Wildman–Crippen LogP) is 4.43. The lowest BCUT2D eigenvalue weighted by atomic mass is 9.91. The molecule has 0 heterocycles. The number of benzene rings is 3. The fourth-order valence-electron chi connectivity index (χ4n) is 2.66. The molecule has 0 N–H and O–H groups in total. The quantitative estimate of drug-likeness (QED) is 0.651. The molecular weight excluding hydrogens is 300 g/mol. The molecule has 0 saturated carbocycles. The van der Waals surface area contributed by atoms with Crippen LogP contribution in [0.25, 0.3) is 22.3 Å². The molecule has 3 aromatic rings. The van der Waals surface area contributed by atoms with Crippen molar-refractivity contribution in [1.29, 1.82) is 0 Å². The molecule has 0 saturated heterocycles. The number of carbonyl (C=O) groups is 1. The van der Waals surface area contributed by atoms with Crippen molar-refractivity contribution >= 4 is 15.2 Å². The molecule has 2 radical (unpaired) electrons. The van der Waals surface area contributed by atoms with Gasteiger partial charge in [0.05, 0.1) is 0 Å². The minimum atomic E-state index is -0.177. The van der Waals surface area contributed by atoms with Gasteiger partial charge in [0.15, 0.2) is 5.41 Å². The Morgan fingerprint density at radius 1 is 0.783 bits per heavy atom. The highest BCUT2D eigenvalue weighted by Gasteiger charge is 2.18. The van der Waals surface area contributed by atoms with Gasteiger partial charge in [0.2, 0.25) is 0 Å². The van der Waals surface area contributed by atoms with E-state index in [1.165, 1.54) is 0 Å². The molecule has 0 aromatic heterocycles. The predicted molar refractivity (Wildman–Crippen MR) is 94.4 cm³/mol. The molecule has 112 valence electrons. The van der Waals surface area contributed by atoms with E-state index < -0.39 is 0 Å². The zero-order valence-corrected chi connectivity index (χ0v) is 13.8. The van der Waals surface area contributed by atoms with Crippen LogP contribution in [0.5, 0.6) is 0 Å². The van der Waals surface area contributed by atoms with E-state index in [9.17, 15) is 4.79 Å². The van der Waals surface area contributed by atoms with Crippen LogP contribution in [0.3, 0.4) is 0 Å². The van der Waals surface area contributed by atoms with E-state index in [1.807, 2.05) is 60.7 Å². The Balaban J connectivity index is 2.25. The third-order valence-corrected chi connectivity index (χ3v) is 4.31. The van der Waals surface area contributed by atoms with Crippen LogP contribution in [-0.2, 0) is 4.43 Å². The topological polar surface area (TPSA) is 26.3 Å². The highest BCUT2D eigenvalue weighted by Crippen LogP contribution is 2.35. The van der Waals surface area contributed by atoms with Crippen LogP contribution >= 0.6 is 0 Å². The summed E-state index contributed by atoms with van der Waals surface area (Å²) in [5.41, 5.74) is 4.87. The lowest BCUT2D eigenvalue weighted by molar-refractivity contribution is 0.106. The van der Waals surface area contributed by atoms with E-state index in [2.05, 4.69) is 18.2 Å². The number of rotatable bonds is 5. The minimum Gasteiger partial charge on any atom is -0.412 e. The second-order valence-corrected chi connectivity index (χ2v) is 6.16. The Labute approximate surface area is 138 Å². The largest absolute Gasteiger partial charge is 0.412 e. The lowest BCUT2D eigenvalue weighted by Gasteiger charge is -2.14. The molecule has 0 amide bonds. The molecule has 0 spiro atoms. The first-order valence-corrected chi connectivity index (χ1v) is 8.29. The lowest BCUT2D eigenvalue weighted by Crippen LogP contribution is -2.13. The molecule has 0 aliphatic carbocycles. The fraction of sp³-hybridized carbons (Fsp3) is 0.0500. The molecule has 0 aliphatic rings. The van der Waals surface area contributed by atoms with Crippen LogP contribution in [0.4, 0.5) is 0 Å². The van der Waals surface area contributed by atoms with E-state index in [0.717, 1.165) is 22.3 Å². The monoisotopic (exact) mass is 316 g/mol. The van der Waals surface area contributed by atoms with Crippen LogP contribution < -0.4 is 0 Å². The molecule has 3 rings (SSSR count). The van der Waals surface area contributed by atoms with E-state index in [1.54, 1.807) is 7.11 Å². The van der Waals surface area contributed by atoms with Crippen molar-refractivity contribution in [3.05, 3.63) is 84.4 Å². The Morgan fingerprint density at radius 2 is 1.39 bits per heavy atom. The maximum Gasteiger partial charge on any atom is 0.322 e.